The van der Waals surface area contributed by atoms with Gasteiger partial charge in [0.15, 0.2) is 0 Å². The number of benzene rings is 3. The van der Waals surface area contributed by atoms with Gasteiger partial charge in [0.05, 0.1) is 0 Å². The van der Waals surface area contributed by atoms with Gasteiger partial charge in [0.25, 0.3) is 0 Å². The first-order chi connectivity index (χ1) is 17.9. The van der Waals surface area contributed by atoms with E-state index in [1.807, 2.05) is 12.1 Å². The van der Waals surface area contributed by atoms with Crippen molar-refractivity contribution in [2.45, 2.75) is 97.3 Å². The van der Waals surface area contributed by atoms with Crippen molar-refractivity contribution in [3.63, 3.8) is 0 Å². The second kappa shape index (κ2) is 12.7. The molecule has 0 saturated heterocycles. The van der Waals surface area contributed by atoms with E-state index in [1.165, 1.54) is 96.5 Å². The average Bonchev–Trinajstić information content (AvgIpc) is 3.17. The molecular weight excluding hydrogens is 519 g/mol. The molecule has 0 bridgehead atoms. The molecule has 3 aromatic carbocycles. The van der Waals surface area contributed by atoms with Crippen LogP contribution in [0.15, 0.2) is 65.1 Å². The molecule has 1 aliphatic carbocycles. The minimum absolute atomic E-state index is 0.00727. The van der Waals surface area contributed by atoms with Crippen molar-refractivity contribution in [1.29, 1.82) is 0 Å². The summed E-state index contributed by atoms with van der Waals surface area (Å²) in [5.74, 6) is 1.23. The first-order valence-electron chi connectivity index (χ1n) is 14.7. The van der Waals surface area contributed by atoms with Crippen LogP contribution in [-0.4, -0.2) is 0 Å². The fraction of sp³-hybridized carbons (Fsp3) is 0.486. The lowest BCUT2D eigenvalue weighted by Crippen LogP contribution is -2.31. The Hall–Kier alpha value is -1.93. The van der Waals surface area contributed by atoms with Gasteiger partial charge in [-0.05, 0) is 88.4 Å². The minimum Gasteiger partial charge on any atom is -0.207 e. The summed E-state index contributed by atoms with van der Waals surface area (Å²) in [7, 11) is 0. The van der Waals surface area contributed by atoms with Crippen molar-refractivity contribution >= 4 is 15.9 Å². The predicted octanol–water partition coefficient (Wildman–Crippen LogP) is 11.7. The molecule has 0 aromatic heterocycles. The fourth-order valence-electron chi connectivity index (χ4n) is 6.68. The lowest BCUT2D eigenvalue weighted by Gasteiger charge is -2.39. The Balaban J connectivity index is 1.91. The molecule has 2 heteroatoms. The normalized spacial score (nSPS) is 17.9. The van der Waals surface area contributed by atoms with Gasteiger partial charge in [0, 0.05) is 9.89 Å². The predicted molar refractivity (Wildman–Crippen MR) is 162 cm³/mol. The molecule has 0 amide bonds. The maximum Gasteiger partial charge on any atom is 0.123 e. The van der Waals surface area contributed by atoms with Gasteiger partial charge >= 0.3 is 0 Å². The molecule has 198 valence electrons. The van der Waals surface area contributed by atoms with Gasteiger partial charge in [-0.2, -0.15) is 0 Å². The monoisotopic (exact) mass is 562 g/mol. The Morgan fingerprint density at radius 2 is 1.19 bits per heavy atom. The SMILES string of the molecule is CCCCC(CC)CC1(CC(CC)CCCC)c2cc(Br)ccc2-c2ccc(-c3ccc(F)cc3)cc21. The van der Waals surface area contributed by atoms with Crippen LogP contribution >= 0.6 is 15.9 Å². The van der Waals surface area contributed by atoms with E-state index in [9.17, 15) is 4.39 Å². The molecule has 0 spiro atoms. The highest BCUT2D eigenvalue weighted by Crippen LogP contribution is 2.57. The lowest BCUT2D eigenvalue weighted by atomic mass is 9.65. The van der Waals surface area contributed by atoms with E-state index in [1.54, 1.807) is 12.1 Å². The van der Waals surface area contributed by atoms with Crippen molar-refractivity contribution in [2.75, 3.05) is 0 Å². The summed E-state index contributed by atoms with van der Waals surface area (Å²) >= 11 is 3.83. The van der Waals surface area contributed by atoms with Crippen molar-refractivity contribution < 1.29 is 4.39 Å². The molecule has 4 rings (SSSR count). The third-order valence-corrected chi connectivity index (χ3v) is 9.35. The van der Waals surface area contributed by atoms with E-state index in [0.717, 1.165) is 5.56 Å². The van der Waals surface area contributed by atoms with Gasteiger partial charge in [0.2, 0.25) is 0 Å². The third kappa shape index (κ3) is 6.06. The number of hydrogen-bond acceptors (Lipinski definition) is 0. The van der Waals surface area contributed by atoms with Crippen LogP contribution in [-0.2, 0) is 5.41 Å². The van der Waals surface area contributed by atoms with Crippen LogP contribution in [0.2, 0.25) is 0 Å². The smallest absolute Gasteiger partial charge is 0.123 e. The number of rotatable bonds is 13. The highest BCUT2D eigenvalue weighted by Gasteiger charge is 2.45. The van der Waals surface area contributed by atoms with Crippen molar-refractivity contribution in [3.8, 4) is 22.3 Å². The Labute approximate surface area is 233 Å². The van der Waals surface area contributed by atoms with E-state index >= 15 is 0 Å². The van der Waals surface area contributed by atoms with Crippen LogP contribution in [0.25, 0.3) is 22.3 Å². The lowest BCUT2D eigenvalue weighted by molar-refractivity contribution is 0.266. The van der Waals surface area contributed by atoms with Gasteiger partial charge in [-0.25, -0.2) is 4.39 Å². The van der Waals surface area contributed by atoms with E-state index in [4.69, 9.17) is 0 Å². The molecule has 0 heterocycles. The van der Waals surface area contributed by atoms with Gasteiger partial charge in [-0.3, -0.25) is 0 Å². The Morgan fingerprint density at radius 1 is 0.676 bits per heavy atom. The second-order valence-corrected chi connectivity index (χ2v) is 12.2. The van der Waals surface area contributed by atoms with Gasteiger partial charge < -0.3 is 0 Å². The molecule has 3 aromatic rings. The molecule has 0 radical (unpaired) electrons. The zero-order valence-electron chi connectivity index (χ0n) is 23.3. The summed E-state index contributed by atoms with van der Waals surface area (Å²) in [5.41, 5.74) is 8.09. The maximum absolute atomic E-state index is 13.7. The zero-order chi connectivity index (χ0) is 26.4. The van der Waals surface area contributed by atoms with Crippen molar-refractivity contribution in [3.05, 3.63) is 82.1 Å². The van der Waals surface area contributed by atoms with Gasteiger partial charge in [-0.1, -0.05) is 125 Å². The van der Waals surface area contributed by atoms with Crippen LogP contribution < -0.4 is 0 Å². The fourth-order valence-corrected chi connectivity index (χ4v) is 7.05. The largest absolute Gasteiger partial charge is 0.207 e. The molecule has 2 unspecified atom stereocenters. The second-order valence-electron chi connectivity index (χ2n) is 11.3. The van der Waals surface area contributed by atoms with E-state index < -0.39 is 0 Å². The number of fused-ring (bicyclic) bond motifs is 3. The molecule has 0 saturated carbocycles. The van der Waals surface area contributed by atoms with E-state index in [-0.39, 0.29) is 11.2 Å². The molecule has 0 aliphatic heterocycles. The summed E-state index contributed by atoms with van der Waals surface area (Å²) < 4.78 is 14.9. The highest BCUT2D eigenvalue weighted by molar-refractivity contribution is 9.10. The Bertz CT molecular complexity index is 1140. The first kappa shape index (κ1) is 28.1. The Kier molecular flexibility index (Phi) is 9.67. The average molecular weight is 564 g/mol. The zero-order valence-corrected chi connectivity index (χ0v) is 24.8. The van der Waals surface area contributed by atoms with Gasteiger partial charge in [-0.15, -0.1) is 0 Å². The van der Waals surface area contributed by atoms with Crippen molar-refractivity contribution in [2.24, 2.45) is 11.8 Å². The van der Waals surface area contributed by atoms with Crippen LogP contribution in [0.3, 0.4) is 0 Å². The molecular formula is C35H44BrF. The quantitative estimate of drug-likeness (QED) is 0.194. The number of unbranched alkanes of at least 4 members (excludes halogenated alkanes) is 2. The van der Waals surface area contributed by atoms with E-state index in [2.05, 4.69) is 80.0 Å². The topological polar surface area (TPSA) is 0 Å². The third-order valence-electron chi connectivity index (χ3n) is 8.86. The molecule has 0 N–H and O–H groups in total. The standard InChI is InChI=1S/C35H44BrF/c1-5-9-11-25(7-3)23-35(24-26(8-4)12-10-6-2)33-21-28(27-13-17-30(37)18-14-27)15-19-31(33)32-20-16-29(36)22-34(32)35/h13-22,25-26H,5-12,23-24H2,1-4H3. The van der Waals surface area contributed by atoms with Gasteiger partial charge in [0.1, 0.15) is 5.82 Å². The molecule has 0 fully saturated rings. The van der Waals surface area contributed by atoms with Crippen LogP contribution in [0.1, 0.15) is 103 Å². The first-order valence-corrected chi connectivity index (χ1v) is 15.5. The molecule has 37 heavy (non-hydrogen) atoms. The highest BCUT2D eigenvalue weighted by atomic mass is 79.9. The molecule has 0 nitrogen and oxygen atoms in total. The minimum atomic E-state index is -0.181. The van der Waals surface area contributed by atoms with Crippen LogP contribution in [0.5, 0.6) is 0 Å². The van der Waals surface area contributed by atoms with E-state index in [0.29, 0.717) is 11.8 Å². The number of hydrogen-bond donors (Lipinski definition) is 0. The van der Waals surface area contributed by atoms with Crippen molar-refractivity contribution in [1.82, 2.24) is 0 Å². The number of halogens is 2. The summed E-state index contributed by atoms with van der Waals surface area (Å²) in [6.45, 7) is 9.39. The van der Waals surface area contributed by atoms with Crippen LogP contribution in [0, 0.1) is 17.7 Å². The molecule has 2 atom stereocenters. The summed E-state index contributed by atoms with van der Waals surface area (Å²) in [6.07, 6.45) is 12.6. The maximum atomic E-state index is 13.7. The Morgan fingerprint density at radius 3 is 1.73 bits per heavy atom. The summed E-state index contributed by atoms with van der Waals surface area (Å²) in [6, 6.07) is 21.0. The summed E-state index contributed by atoms with van der Waals surface area (Å²) in [4.78, 5) is 0. The summed E-state index contributed by atoms with van der Waals surface area (Å²) in [5, 5.41) is 0. The molecule has 1 aliphatic rings. The van der Waals surface area contributed by atoms with Crippen LogP contribution in [0.4, 0.5) is 4.39 Å².